The van der Waals surface area contributed by atoms with Crippen molar-refractivity contribution >= 4 is 11.9 Å². The Balaban J connectivity index is 1.26. The molecule has 0 aromatic heterocycles. The molecule has 1 N–H and O–H groups in total. The van der Waals surface area contributed by atoms with E-state index in [9.17, 15) is 14.9 Å². The summed E-state index contributed by atoms with van der Waals surface area (Å²) in [5.41, 5.74) is -0.324. The van der Waals surface area contributed by atoms with Gasteiger partial charge in [-0.25, -0.2) is 0 Å². The standard InChI is InChI=1S/C26H41N3O4/c1-2-3-4-5-6-9-24(31)32-19-33-26-14-20-11-21(15-26)13-25(12-20,18-26)28-17-23(30)29-10-7-8-22(29)16-27/h20-22,28H,2-15,17-19H2,1H3/t20-,21?,22-,25?,26?/m0/s1. The first kappa shape index (κ1) is 24.5. The Kier molecular flexibility index (Phi) is 7.96. The molecule has 4 aliphatic carbocycles. The van der Waals surface area contributed by atoms with Gasteiger partial charge in [0.1, 0.15) is 6.04 Å². The van der Waals surface area contributed by atoms with Gasteiger partial charge in [-0.3, -0.25) is 9.59 Å². The summed E-state index contributed by atoms with van der Waals surface area (Å²) in [4.78, 5) is 26.6. The zero-order valence-corrected chi connectivity index (χ0v) is 20.3. The molecule has 184 valence electrons. The van der Waals surface area contributed by atoms with Gasteiger partial charge in [0.2, 0.25) is 5.91 Å². The van der Waals surface area contributed by atoms with Crippen molar-refractivity contribution in [3.05, 3.63) is 0 Å². The topological polar surface area (TPSA) is 91.7 Å². The van der Waals surface area contributed by atoms with E-state index in [4.69, 9.17) is 9.47 Å². The van der Waals surface area contributed by atoms with Crippen molar-refractivity contribution in [1.82, 2.24) is 10.2 Å². The molecule has 5 rings (SSSR count). The van der Waals surface area contributed by atoms with E-state index in [-0.39, 0.29) is 35.9 Å². The van der Waals surface area contributed by atoms with Crippen LogP contribution in [0, 0.1) is 23.2 Å². The van der Waals surface area contributed by atoms with Crippen LogP contribution in [0.2, 0.25) is 0 Å². The molecule has 3 unspecified atom stereocenters. The third kappa shape index (κ3) is 5.89. The molecule has 0 radical (unpaired) electrons. The summed E-state index contributed by atoms with van der Waals surface area (Å²) < 4.78 is 11.7. The molecule has 7 nitrogen and oxygen atoms in total. The van der Waals surface area contributed by atoms with Crippen LogP contribution in [-0.4, -0.2) is 53.8 Å². The monoisotopic (exact) mass is 459 g/mol. The maximum absolute atomic E-state index is 12.8. The van der Waals surface area contributed by atoms with Crippen LogP contribution in [-0.2, 0) is 19.1 Å². The summed E-state index contributed by atoms with van der Waals surface area (Å²) in [7, 11) is 0. The highest BCUT2D eigenvalue weighted by molar-refractivity contribution is 5.79. The van der Waals surface area contributed by atoms with Crippen LogP contribution >= 0.6 is 0 Å². The predicted octanol–water partition coefficient (Wildman–Crippen LogP) is 4.06. The number of unbranched alkanes of at least 4 members (excludes halogenated alkanes) is 4. The third-order valence-electron chi connectivity index (χ3n) is 8.41. The first-order valence-corrected chi connectivity index (χ1v) is 13.2. The zero-order chi connectivity index (χ0) is 23.3. The minimum Gasteiger partial charge on any atom is -0.438 e. The lowest BCUT2D eigenvalue weighted by Crippen LogP contribution is -2.66. The lowest BCUT2D eigenvalue weighted by Gasteiger charge is -2.61. The molecule has 4 bridgehead atoms. The van der Waals surface area contributed by atoms with E-state index in [0.29, 0.717) is 31.3 Å². The van der Waals surface area contributed by atoms with Crippen molar-refractivity contribution in [2.24, 2.45) is 11.8 Å². The van der Waals surface area contributed by atoms with Crippen molar-refractivity contribution in [1.29, 1.82) is 5.26 Å². The van der Waals surface area contributed by atoms with Crippen molar-refractivity contribution in [3.8, 4) is 6.07 Å². The number of amides is 1. The highest BCUT2D eigenvalue weighted by atomic mass is 16.7. The first-order chi connectivity index (χ1) is 16.0. The fourth-order valence-electron chi connectivity index (χ4n) is 7.28. The summed E-state index contributed by atoms with van der Waals surface area (Å²) in [6.45, 7) is 3.21. The Morgan fingerprint density at radius 1 is 1.12 bits per heavy atom. The van der Waals surface area contributed by atoms with Crippen molar-refractivity contribution in [3.63, 3.8) is 0 Å². The van der Waals surface area contributed by atoms with E-state index in [1.54, 1.807) is 4.90 Å². The second-order valence-electron chi connectivity index (χ2n) is 11.1. The number of hydrogen-bond acceptors (Lipinski definition) is 6. The summed E-state index contributed by atoms with van der Waals surface area (Å²) in [6.07, 6.45) is 14.1. The van der Waals surface area contributed by atoms with Gasteiger partial charge in [-0.1, -0.05) is 32.6 Å². The minimum absolute atomic E-state index is 0.0395. The second-order valence-corrected chi connectivity index (χ2v) is 11.1. The Hall–Kier alpha value is -1.65. The highest BCUT2D eigenvalue weighted by Crippen LogP contribution is 2.58. The number of carbonyl (C=O) groups is 2. The van der Waals surface area contributed by atoms with Crippen LogP contribution in [0.15, 0.2) is 0 Å². The number of likely N-dealkylation sites (tertiary alicyclic amines) is 1. The zero-order valence-electron chi connectivity index (χ0n) is 20.3. The number of esters is 1. The quantitative estimate of drug-likeness (QED) is 0.269. The molecular formula is C26H41N3O4. The van der Waals surface area contributed by atoms with Crippen molar-refractivity contribution in [2.45, 2.75) is 114 Å². The van der Waals surface area contributed by atoms with Gasteiger partial charge in [-0.2, -0.15) is 5.26 Å². The molecule has 5 atom stereocenters. The lowest BCUT2D eigenvalue weighted by molar-refractivity contribution is -0.217. The molecule has 1 heterocycles. The number of carbonyl (C=O) groups excluding carboxylic acids is 2. The normalized spacial score (nSPS) is 34.4. The van der Waals surface area contributed by atoms with E-state index >= 15 is 0 Å². The van der Waals surface area contributed by atoms with Gasteiger partial charge in [0.15, 0.2) is 6.79 Å². The fourth-order valence-corrected chi connectivity index (χ4v) is 7.28. The summed E-state index contributed by atoms with van der Waals surface area (Å²) in [6, 6.07) is 1.99. The molecule has 0 spiro atoms. The molecule has 1 saturated heterocycles. The number of nitriles is 1. The molecular weight excluding hydrogens is 418 g/mol. The smallest absolute Gasteiger partial charge is 0.307 e. The maximum atomic E-state index is 12.8. The molecule has 5 fully saturated rings. The highest BCUT2D eigenvalue weighted by Gasteiger charge is 2.58. The van der Waals surface area contributed by atoms with Crippen LogP contribution in [0.1, 0.15) is 96.8 Å². The van der Waals surface area contributed by atoms with E-state index in [1.807, 2.05) is 0 Å². The van der Waals surface area contributed by atoms with Gasteiger partial charge >= 0.3 is 5.97 Å². The van der Waals surface area contributed by atoms with E-state index in [0.717, 1.165) is 57.8 Å². The summed E-state index contributed by atoms with van der Waals surface area (Å²) in [5, 5.41) is 12.9. The van der Waals surface area contributed by atoms with E-state index < -0.39 is 0 Å². The molecule has 0 aromatic carbocycles. The average Bonchev–Trinajstić information content (AvgIpc) is 3.25. The molecule has 33 heavy (non-hydrogen) atoms. The van der Waals surface area contributed by atoms with Gasteiger partial charge in [0, 0.05) is 18.5 Å². The lowest BCUT2D eigenvalue weighted by atomic mass is 9.51. The van der Waals surface area contributed by atoms with E-state index in [1.165, 1.54) is 25.7 Å². The summed E-state index contributed by atoms with van der Waals surface area (Å²) >= 11 is 0. The molecule has 1 aliphatic heterocycles. The molecule has 0 aromatic rings. The Labute approximate surface area is 198 Å². The van der Waals surface area contributed by atoms with Crippen LogP contribution in [0.4, 0.5) is 0 Å². The van der Waals surface area contributed by atoms with Crippen LogP contribution in [0.25, 0.3) is 0 Å². The number of nitrogens with one attached hydrogen (secondary N) is 1. The number of nitrogens with zero attached hydrogens (tertiary/aromatic N) is 2. The molecule has 5 aliphatic rings. The summed E-state index contributed by atoms with van der Waals surface area (Å²) in [5.74, 6) is 1.08. The second kappa shape index (κ2) is 10.7. The largest absolute Gasteiger partial charge is 0.438 e. The molecule has 7 heteroatoms. The Morgan fingerprint density at radius 3 is 2.61 bits per heavy atom. The van der Waals surface area contributed by atoms with Gasteiger partial charge in [0.05, 0.1) is 18.2 Å². The van der Waals surface area contributed by atoms with Crippen molar-refractivity contribution in [2.75, 3.05) is 19.9 Å². The average molecular weight is 460 g/mol. The SMILES string of the molecule is CCCCCCCC(=O)OCOC12CC3C[C@@H](CC(NCC(=O)N4CCC[C@H]4C#N)(C3)C1)C2. The van der Waals surface area contributed by atoms with Crippen molar-refractivity contribution < 1.29 is 19.1 Å². The third-order valence-corrected chi connectivity index (χ3v) is 8.41. The minimum atomic E-state index is -0.272. The van der Waals surface area contributed by atoms with Gasteiger partial charge in [-0.05, 0) is 69.6 Å². The Morgan fingerprint density at radius 2 is 1.88 bits per heavy atom. The van der Waals surface area contributed by atoms with Gasteiger partial charge in [0.25, 0.3) is 0 Å². The first-order valence-electron chi connectivity index (χ1n) is 13.2. The number of ether oxygens (including phenoxy) is 2. The van der Waals surface area contributed by atoms with E-state index in [2.05, 4.69) is 18.3 Å². The predicted molar refractivity (Wildman–Crippen MR) is 124 cm³/mol. The molecule has 4 saturated carbocycles. The maximum Gasteiger partial charge on any atom is 0.307 e. The van der Waals surface area contributed by atoms with Gasteiger partial charge in [-0.15, -0.1) is 0 Å². The fraction of sp³-hybridized carbons (Fsp3) is 0.885. The van der Waals surface area contributed by atoms with Crippen LogP contribution in [0.5, 0.6) is 0 Å². The van der Waals surface area contributed by atoms with Crippen LogP contribution < -0.4 is 5.32 Å². The Bertz CT molecular complexity index is 734. The molecule has 1 amide bonds. The van der Waals surface area contributed by atoms with Gasteiger partial charge < -0.3 is 19.7 Å². The number of rotatable bonds is 12. The van der Waals surface area contributed by atoms with Crippen LogP contribution in [0.3, 0.4) is 0 Å². The number of hydrogen-bond donors (Lipinski definition) is 1.